The van der Waals surface area contributed by atoms with Gasteiger partial charge in [0, 0.05) is 5.92 Å². The molecule has 12 heavy (non-hydrogen) atoms. The maximum atomic E-state index is 10.8. The summed E-state index contributed by atoms with van der Waals surface area (Å²) >= 11 is 10.5. The fraction of sp³-hybridized carbons (Fsp3) is 0.875. The van der Waals surface area contributed by atoms with Gasteiger partial charge in [0.1, 0.15) is 0 Å². The van der Waals surface area contributed by atoms with E-state index in [4.69, 9.17) is 23.5 Å². The first-order valence-electron chi connectivity index (χ1n) is 4.17. The number of hydrogen-bond acceptors (Lipinski definition) is 2. The Bertz CT molecular complexity index is 153. The van der Waals surface area contributed by atoms with Crippen LogP contribution in [-0.2, 0) is 9.08 Å². The fourth-order valence-electron chi connectivity index (χ4n) is 1.65. The third kappa shape index (κ3) is 2.92. The van der Waals surface area contributed by atoms with Gasteiger partial charge in [0.15, 0.2) is 0 Å². The van der Waals surface area contributed by atoms with Gasteiger partial charge in [-0.05, 0) is 43.2 Å². The smallest absolute Gasteiger partial charge is 0.224 e. The standard InChI is InChI=1S/C8H12Cl2O2/c9-8(11)7-3-1-6(2-4-7)5-12-10/h6-7H,1-5H2. The van der Waals surface area contributed by atoms with E-state index in [-0.39, 0.29) is 11.2 Å². The van der Waals surface area contributed by atoms with Gasteiger partial charge in [-0.25, -0.2) is 0 Å². The Morgan fingerprint density at radius 1 is 1.33 bits per heavy atom. The Labute approximate surface area is 82.3 Å². The van der Waals surface area contributed by atoms with Gasteiger partial charge in [0.25, 0.3) is 0 Å². The zero-order valence-electron chi connectivity index (χ0n) is 6.76. The monoisotopic (exact) mass is 210 g/mol. The van der Waals surface area contributed by atoms with E-state index in [1.807, 2.05) is 0 Å². The van der Waals surface area contributed by atoms with Crippen LogP contribution in [0.2, 0.25) is 0 Å². The summed E-state index contributed by atoms with van der Waals surface area (Å²) in [6.45, 7) is 0.588. The molecule has 2 nitrogen and oxygen atoms in total. The highest BCUT2D eigenvalue weighted by molar-refractivity contribution is 6.63. The van der Waals surface area contributed by atoms with Crippen molar-refractivity contribution >= 4 is 28.7 Å². The molecule has 0 aromatic rings. The van der Waals surface area contributed by atoms with E-state index in [1.165, 1.54) is 0 Å². The summed E-state index contributed by atoms with van der Waals surface area (Å²) in [5.74, 6) is 0.577. The lowest BCUT2D eigenvalue weighted by molar-refractivity contribution is -0.116. The van der Waals surface area contributed by atoms with Crippen LogP contribution in [-0.4, -0.2) is 11.8 Å². The summed E-state index contributed by atoms with van der Waals surface area (Å²) in [5, 5.41) is -0.194. The second kappa shape index (κ2) is 5.05. The van der Waals surface area contributed by atoms with E-state index < -0.39 is 0 Å². The molecule has 0 spiro atoms. The van der Waals surface area contributed by atoms with Crippen LogP contribution < -0.4 is 0 Å². The van der Waals surface area contributed by atoms with Crippen molar-refractivity contribution in [2.75, 3.05) is 6.61 Å². The van der Waals surface area contributed by atoms with Crippen LogP contribution in [0, 0.1) is 11.8 Å². The first-order chi connectivity index (χ1) is 5.74. The quantitative estimate of drug-likeness (QED) is 0.671. The maximum Gasteiger partial charge on any atom is 0.224 e. The summed E-state index contributed by atoms with van der Waals surface area (Å²) in [6.07, 6.45) is 3.76. The fourth-order valence-corrected chi connectivity index (χ4v) is 2.04. The second-order valence-corrected chi connectivity index (χ2v) is 3.89. The Morgan fingerprint density at radius 3 is 2.33 bits per heavy atom. The van der Waals surface area contributed by atoms with Gasteiger partial charge in [-0.2, -0.15) is 0 Å². The Morgan fingerprint density at radius 2 is 1.92 bits per heavy atom. The molecule has 0 atom stereocenters. The molecule has 0 saturated heterocycles. The Kier molecular flexibility index (Phi) is 4.33. The molecule has 0 N–H and O–H groups in total. The number of hydrogen-bond donors (Lipinski definition) is 0. The number of rotatable bonds is 3. The first kappa shape index (κ1) is 10.3. The van der Waals surface area contributed by atoms with Gasteiger partial charge in [-0.1, -0.05) is 0 Å². The van der Waals surface area contributed by atoms with E-state index in [0.29, 0.717) is 12.5 Å². The molecule has 1 rings (SSSR count). The molecule has 0 unspecified atom stereocenters. The third-order valence-electron chi connectivity index (χ3n) is 2.47. The average Bonchev–Trinajstić information content (AvgIpc) is 2.06. The molecule has 0 aliphatic heterocycles. The molecule has 0 heterocycles. The highest BCUT2D eigenvalue weighted by Crippen LogP contribution is 2.30. The SMILES string of the molecule is O=C(Cl)C1CCC(COCl)CC1. The minimum atomic E-state index is -0.194. The van der Waals surface area contributed by atoms with E-state index >= 15 is 0 Å². The Hall–Kier alpha value is 0.210. The van der Waals surface area contributed by atoms with Crippen LogP contribution in [0.5, 0.6) is 0 Å². The molecule has 1 aliphatic rings. The number of halogens is 2. The van der Waals surface area contributed by atoms with Crippen LogP contribution in [0.25, 0.3) is 0 Å². The van der Waals surface area contributed by atoms with Gasteiger partial charge in [-0.3, -0.25) is 9.08 Å². The van der Waals surface area contributed by atoms with Crippen LogP contribution in [0.3, 0.4) is 0 Å². The molecule has 4 heteroatoms. The minimum absolute atomic E-state index is 0.0678. The second-order valence-electron chi connectivity index (χ2n) is 3.30. The molecule has 0 aromatic heterocycles. The number of carbonyl (C=O) groups is 1. The zero-order chi connectivity index (χ0) is 8.97. The molecule has 1 saturated carbocycles. The molecule has 0 amide bonds. The molecule has 70 valence electrons. The predicted molar refractivity (Wildman–Crippen MR) is 48.1 cm³/mol. The molecule has 1 fully saturated rings. The van der Waals surface area contributed by atoms with Gasteiger partial charge >= 0.3 is 0 Å². The lowest BCUT2D eigenvalue weighted by atomic mass is 9.83. The lowest BCUT2D eigenvalue weighted by Gasteiger charge is -2.24. The summed E-state index contributed by atoms with van der Waals surface area (Å²) in [6, 6.07) is 0. The van der Waals surface area contributed by atoms with E-state index in [1.54, 1.807) is 0 Å². The van der Waals surface area contributed by atoms with E-state index in [2.05, 4.69) is 4.29 Å². The van der Waals surface area contributed by atoms with Crippen molar-refractivity contribution in [2.45, 2.75) is 25.7 Å². The topological polar surface area (TPSA) is 26.3 Å². The molecular formula is C8H12Cl2O2. The minimum Gasteiger partial charge on any atom is -0.281 e. The lowest BCUT2D eigenvalue weighted by Crippen LogP contribution is -2.20. The molecule has 0 radical (unpaired) electrons. The first-order valence-corrected chi connectivity index (χ1v) is 4.85. The molecule has 0 aromatic carbocycles. The molecule has 1 aliphatic carbocycles. The highest BCUT2D eigenvalue weighted by atomic mass is 35.5. The maximum absolute atomic E-state index is 10.8. The van der Waals surface area contributed by atoms with Crippen molar-refractivity contribution in [1.29, 1.82) is 0 Å². The third-order valence-corrected chi connectivity index (χ3v) is 2.90. The van der Waals surface area contributed by atoms with Crippen molar-refractivity contribution < 1.29 is 9.08 Å². The predicted octanol–water partition coefficient (Wildman–Crippen LogP) is 2.73. The van der Waals surface area contributed by atoms with Gasteiger partial charge in [0.2, 0.25) is 5.24 Å². The average molecular weight is 211 g/mol. The zero-order valence-corrected chi connectivity index (χ0v) is 8.27. The van der Waals surface area contributed by atoms with Crippen molar-refractivity contribution in [3.8, 4) is 0 Å². The largest absolute Gasteiger partial charge is 0.281 e. The highest BCUT2D eigenvalue weighted by Gasteiger charge is 2.24. The van der Waals surface area contributed by atoms with Crippen LogP contribution in [0.4, 0.5) is 0 Å². The van der Waals surface area contributed by atoms with Crippen molar-refractivity contribution in [2.24, 2.45) is 11.8 Å². The Balaban J connectivity index is 2.25. The van der Waals surface area contributed by atoms with Gasteiger partial charge in [0.05, 0.1) is 18.5 Å². The normalized spacial score (nSPS) is 30.2. The van der Waals surface area contributed by atoms with Crippen molar-refractivity contribution in [1.82, 2.24) is 0 Å². The summed E-state index contributed by atoms with van der Waals surface area (Å²) < 4.78 is 4.53. The van der Waals surface area contributed by atoms with Crippen molar-refractivity contribution in [3.63, 3.8) is 0 Å². The summed E-state index contributed by atoms with van der Waals surface area (Å²) in [5.41, 5.74) is 0. The summed E-state index contributed by atoms with van der Waals surface area (Å²) in [4.78, 5) is 10.8. The van der Waals surface area contributed by atoms with Crippen LogP contribution in [0.15, 0.2) is 0 Å². The van der Waals surface area contributed by atoms with Gasteiger partial charge in [-0.15, -0.1) is 0 Å². The van der Waals surface area contributed by atoms with Crippen LogP contribution >= 0.6 is 23.5 Å². The molecular weight excluding hydrogens is 199 g/mol. The molecule has 0 bridgehead atoms. The number of carbonyl (C=O) groups excluding carboxylic acids is 1. The van der Waals surface area contributed by atoms with E-state index in [9.17, 15) is 4.79 Å². The van der Waals surface area contributed by atoms with E-state index in [0.717, 1.165) is 25.7 Å². The van der Waals surface area contributed by atoms with Crippen LogP contribution in [0.1, 0.15) is 25.7 Å². The van der Waals surface area contributed by atoms with Gasteiger partial charge < -0.3 is 0 Å². The summed E-state index contributed by atoms with van der Waals surface area (Å²) in [7, 11) is 0. The van der Waals surface area contributed by atoms with Crippen molar-refractivity contribution in [3.05, 3.63) is 0 Å².